The maximum absolute atomic E-state index is 12.1. The van der Waals surface area contributed by atoms with Gasteiger partial charge in [0.05, 0.1) is 10.0 Å². The molecule has 0 spiro atoms. The summed E-state index contributed by atoms with van der Waals surface area (Å²) in [6, 6.07) is 5.19. The molecule has 2 unspecified atom stereocenters. The number of carbonyl (C=O) groups excluding carboxylic acids is 1. The number of halogens is 2. The second-order valence-corrected chi connectivity index (χ2v) is 5.50. The van der Waals surface area contributed by atoms with Crippen molar-refractivity contribution in [3.8, 4) is 0 Å². The first-order valence-electron chi connectivity index (χ1n) is 6.37. The van der Waals surface area contributed by atoms with Gasteiger partial charge in [-0.25, -0.2) is 5.43 Å². The van der Waals surface area contributed by atoms with Crippen LogP contribution in [0.25, 0.3) is 0 Å². The van der Waals surface area contributed by atoms with Crippen LogP contribution in [0.4, 0.5) is 5.69 Å². The first kappa shape index (κ1) is 14.6. The van der Waals surface area contributed by atoms with E-state index < -0.39 is 0 Å². The van der Waals surface area contributed by atoms with Crippen LogP contribution < -0.4 is 16.2 Å². The maximum Gasteiger partial charge on any atom is 0.242 e. The fourth-order valence-electron chi connectivity index (χ4n) is 2.14. The lowest BCUT2D eigenvalue weighted by atomic mass is 10.1. The lowest BCUT2D eigenvalue weighted by Gasteiger charge is -2.11. The van der Waals surface area contributed by atoms with Crippen molar-refractivity contribution in [2.24, 2.45) is 0 Å². The topological polar surface area (TPSA) is 53.2 Å². The van der Waals surface area contributed by atoms with E-state index in [1.54, 1.807) is 18.2 Å². The van der Waals surface area contributed by atoms with E-state index in [0.29, 0.717) is 21.8 Å². The van der Waals surface area contributed by atoms with Crippen molar-refractivity contribution in [2.45, 2.75) is 38.3 Å². The van der Waals surface area contributed by atoms with Crippen LogP contribution in [-0.2, 0) is 4.79 Å². The summed E-state index contributed by atoms with van der Waals surface area (Å²) in [6.45, 7) is 2.13. The molecule has 2 rings (SSSR count). The van der Waals surface area contributed by atoms with Gasteiger partial charge in [0.1, 0.15) is 6.04 Å². The Hall–Kier alpha value is -0.810. The molecule has 1 aliphatic heterocycles. The molecule has 19 heavy (non-hydrogen) atoms. The minimum Gasteiger partial charge on any atom is -0.325 e. The summed E-state index contributed by atoms with van der Waals surface area (Å²) in [6.07, 6.45) is 2.95. The zero-order chi connectivity index (χ0) is 13.8. The Labute approximate surface area is 122 Å². The van der Waals surface area contributed by atoms with Crippen molar-refractivity contribution in [1.29, 1.82) is 0 Å². The Morgan fingerprint density at radius 1 is 1.37 bits per heavy atom. The van der Waals surface area contributed by atoms with E-state index in [1.165, 1.54) is 0 Å². The molecule has 6 heteroatoms. The van der Waals surface area contributed by atoms with E-state index in [2.05, 4.69) is 23.1 Å². The Balaban J connectivity index is 1.92. The summed E-state index contributed by atoms with van der Waals surface area (Å²) in [7, 11) is 0. The number of carbonyl (C=O) groups is 1. The Kier molecular flexibility index (Phi) is 5.05. The standard InChI is InChI=1S/C13H17Cl2N3O/c1-2-3-9-7-12(18-17-9)13(19)16-8-4-5-10(14)11(15)6-8/h4-6,9,12,17-18H,2-3,7H2,1H3,(H,16,19). The number of rotatable bonds is 4. The average molecular weight is 302 g/mol. The molecule has 1 aromatic rings. The third kappa shape index (κ3) is 3.83. The van der Waals surface area contributed by atoms with Gasteiger partial charge in [0.2, 0.25) is 5.91 Å². The van der Waals surface area contributed by atoms with Crippen LogP contribution in [0.1, 0.15) is 26.2 Å². The molecule has 1 aromatic carbocycles. The van der Waals surface area contributed by atoms with E-state index in [1.807, 2.05) is 0 Å². The van der Waals surface area contributed by atoms with E-state index in [0.717, 1.165) is 19.3 Å². The van der Waals surface area contributed by atoms with Gasteiger partial charge >= 0.3 is 0 Å². The van der Waals surface area contributed by atoms with Gasteiger partial charge in [-0.3, -0.25) is 10.2 Å². The van der Waals surface area contributed by atoms with Crippen LogP contribution >= 0.6 is 23.2 Å². The molecule has 104 valence electrons. The molecule has 0 aromatic heterocycles. The van der Waals surface area contributed by atoms with Crippen LogP contribution in [-0.4, -0.2) is 18.0 Å². The first-order chi connectivity index (χ1) is 9.10. The maximum atomic E-state index is 12.1. The zero-order valence-electron chi connectivity index (χ0n) is 10.7. The molecule has 0 aliphatic carbocycles. The molecule has 0 radical (unpaired) electrons. The Bertz CT molecular complexity index is 467. The molecule has 1 heterocycles. The number of amides is 1. The van der Waals surface area contributed by atoms with Gasteiger partial charge in [0, 0.05) is 11.7 Å². The highest BCUT2D eigenvalue weighted by atomic mass is 35.5. The lowest BCUT2D eigenvalue weighted by Crippen LogP contribution is -2.40. The normalized spacial score (nSPS) is 22.5. The smallest absolute Gasteiger partial charge is 0.242 e. The fourth-order valence-corrected chi connectivity index (χ4v) is 2.43. The third-order valence-corrected chi connectivity index (χ3v) is 3.86. The van der Waals surface area contributed by atoms with Gasteiger partial charge in [-0.05, 0) is 31.0 Å². The van der Waals surface area contributed by atoms with Crippen LogP contribution in [0.5, 0.6) is 0 Å². The van der Waals surface area contributed by atoms with Crippen LogP contribution in [0, 0.1) is 0 Å². The molecule has 0 bridgehead atoms. The van der Waals surface area contributed by atoms with Crippen molar-refractivity contribution < 1.29 is 4.79 Å². The van der Waals surface area contributed by atoms with Gasteiger partial charge in [-0.15, -0.1) is 0 Å². The summed E-state index contributed by atoms with van der Waals surface area (Å²) < 4.78 is 0. The predicted molar refractivity (Wildman–Crippen MR) is 78.5 cm³/mol. The van der Waals surface area contributed by atoms with Gasteiger partial charge in [-0.2, -0.15) is 0 Å². The molecule has 1 fully saturated rings. The van der Waals surface area contributed by atoms with E-state index >= 15 is 0 Å². The molecule has 1 saturated heterocycles. The van der Waals surface area contributed by atoms with E-state index in [4.69, 9.17) is 23.2 Å². The fraction of sp³-hybridized carbons (Fsp3) is 0.462. The number of hydrazine groups is 1. The van der Waals surface area contributed by atoms with Crippen molar-refractivity contribution in [3.05, 3.63) is 28.2 Å². The molecule has 2 atom stereocenters. The van der Waals surface area contributed by atoms with Crippen LogP contribution in [0.2, 0.25) is 10.0 Å². The summed E-state index contributed by atoms with van der Waals surface area (Å²) in [5, 5.41) is 3.74. The highest BCUT2D eigenvalue weighted by Crippen LogP contribution is 2.25. The van der Waals surface area contributed by atoms with E-state index in [-0.39, 0.29) is 11.9 Å². The van der Waals surface area contributed by atoms with Crippen molar-refractivity contribution in [3.63, 3.8) is 0 Å². The summed E-state index contributed by atoms with van der Waals surface area (Å²) in [4.78, 5) is 12.1. The predicted octanol–water partition coefficient (Wildman–Crippen LogP) is 2.97. The van der Waals surface area contributed by atoms with Gasteiger partial charge in [0.25, 0.3) is 0 Å². The number of benzene rings is 1. The van der Waals surface area contributed by atoms with Crippen molar-refractivity contribution in [2.75, 3.05) is 5.32 Å². The number of hydrogen-bond acceptors (Lipinski definition) is 3. The van der Waals surface area contributed by atoms with Gasteiger partial charge in [-0.1, -0.05) is 36.5 Å². The van der Waals surface area contributed by atoms with Crippen molar-refractivity contribution in [1.82, 2.24) is 10.9 Å². The Morgan fingerprint density at radius 3 is 2.84 bits per heavy atom. The minimum absolute atomic E-state index is 0.0653. The number of hydrogen-bond donors (Lipinski definition) is 3. The summed E-state index contributed by atoms with van der Waals surface area (Å²) in [5.74, 6) is -0.0653. The largest absolute Gasteiger partial charge is 0.325 e. The second kappa shape index (κ2) is 6.57. The SMILES string of the molecule is CCCC1CC(C(=O)Nc2ccc(Cl)c(Cl)c2)NN1. The van der Waals surface area contributed by atoms with E-state index in [9.17, 15) is 4.79 Å². The third-order valence-electron chi connectivity index (χ3n) is 3.12. The molecule has 1 amide bonds. The lowest BCUT2D eigenvalue weighted by molar-refractivity contribution is -0.117. The average Bonchev–Trinajstić information content (AvgIpc) is 2.83. The first-order valence-corrected chi connectivity index (χ1v) is 7.12. The molecular formula is C13H17Cl2N3O. The minimum atomic E-state index is -0.217. The van der Waals surface area contributed by atoms with Crippen LogP contribution in [0.15, 0.2) is 18.2 Å². The molecule has 4 nitrogen and oxygen atoms in total. The second-order valence-electron chi connectivity index (χ2n) is 4.68. The summed E-state index contributed by atoms with van der Waals surface area (Å²) in [5.41, 5.74) is 6.81. The Morgan fingerprint density at radius 2 is 2.16 bits per heavy atom. The monoisotopic (exact) mass is 301 g/mol. The molecule has 1 aliphatic rings. The van der Waals surface area contributed by atoms with Gasteiger partial charge < -0.3 is 5.32 Å². The van der Waals surface area contributed by atoms with Crippen molar-refractivity contribution >= 4 is 34.8 Å². The number of anilines is 1. The molecular weight excluding hydrogens is 285 g/mol. The highest BCUT2D eigenvalue weighted by molar-refractivity contribution is 6.42. The molecule has 0 saturated carbocycles. The van der Waals surface area contributed by atoms with Gasteiger partial charge in [0.15, 0.2) is 0 Å². The molecule has 3 N–H and O–H groups in total. The summed E-state index contributed by atoms with van der Waals surface area (Å²) >= 11 is 11.7. The number of nitrogens with one attached hydrogen (secondary N) is 3. The van der Waals surface area contributed by atoms with Crippen LogP contribution in [0.3, 0.4) is 0 Å². The highest BCUT2D eigenvalue weighted by Gasteiger charge is 2.28. The quantitative estimate of drug-likeness (QED) is 0.801. The zero-order valence-corrected chi connectivity index (χ0v) is 12.2.